The molecule has 2 aliphatic rings. The van der Waals surface area contributed by atoms with Gasteiger partial charge >= 0.3 is 13.2 Å². The molecule has 3 aromatic rings. The second-order valence-corrected chi connectivity index (χ2v) is 11.9. The summed E-state index contributed by atoms with van der Waals surface area (Å²) in [4.78, 5) is 34.6. The molecule has 0 saturated carbocycles. The van der Waals surface area contributed by atoms with E-state index in [-0.39, 0.29) is 29.1 Å². The molecule has 0 aliphatic carbocycles. The molecule has 2 aromatic carbocycles. The maximum atomic E-state index is 13.3. The molecule has 2 fully saturated rings. The fourth-order valence-corrected chi connectivity index (χ4v) is 5.32. The molecule has 2 atom stereocenters. The molecule has 2 amide bonds. The number of aromatic amines is 1. The summed E-state index contributed by atoms with van der Waals surface area (Å²) in [6, 6.07) is 13.3. The lowest BCUT2D eigenvalue weighted by molar-refractivity contribution is -0.135. The third-order valence-corrected chi connectivity index (χ3v) is 8.33. The minimum Gasteiger partial charge on any atom is -0.465 e. The van der Waals surface area contributed by atoms with Crippen molar-refractivity contribution in [2.75, 3.05) is 6.54 Å². The zero-order valence-electron chi connectivity index (χ0n) is 23.4. The molecule has 2 aliphatic heterocycles. The first-order valence-electron chi connectivity index (χ1n) is 13.6. The average molecular weight is 532 g/mol. The van der Waals surface area contributed by atoms with Crippen molar-refractivity contribution in [2.45, 2.75) is 77.7 Å². The molecule has 0 radical (unpaired) electrons. The van der Waals surface area contributed by atoms with Crippen LogP contribution in [0.25, 0.3) is 22.2 Å². The number of carboxylic acid groups (broad SMARTS) is 1. The first-order chi connectivity index (χ1) is 18.4. The number of rotatable bonds is 6. The van der Waals surface area contributed by atoms with Crippen LogP contribution in [0.3, 0.4) is 0 Å². The van der Waals surface area contributed by atoms with Gasteiger partial charge in [0, 0.05) is 6.54 Å². The maximum absolute atomic E-state index is 13.3. The summed E-state index contributed by atoms with van der Waals surface area (Å²) < 4.78 is 12.4. The van der Waals surface area contributed by atoms with Gasteiger partial charge in [-0.2, -0.15) is 0 Å². The predicted octanol–water partition coefficient (Wildman–Crippen LogP) is 4.48. The predicted molar refractivity (Wildman–Crippen MR) is 151 cm³/mol. The highest BCUT2D eigenvalue weighted by molar-refractivity contribution is 6.62. The maximum Gasteiger partial charge on any atom is 0.494 e. The van der Waals surface area contributed by atoms with Crippen LogP contribution in [-0.4, -0.2) is 62.9 Å². The summed E-state index contributed by atoms with van der Waals surface area (Å²) in [5, 5.41) is 11.6. The molecule has 0 unspecified atom stereocenters. The lowest BCUT2D eigenvalue weighted by atomic mass is 9.78. The van der Waals surface area contributed by atoms with Crippen LogP contribution in [0.1, 0.15) is 66.3 Å². The first-order valence-corrected chi connectivity index (χ1v) is 13.6. The minimum atomic E-state index is -1.20. The van der Waals surface area contributed by atoms with Crippen molar-refractivity contribution < 1.29 is 24.0 Å². The van der Waals surface area contributed by atoms with Crippen molar-refractivity contribution in [2.24, 2.45) is 5.92 Å². The van der Waals surface area contributed by atoms with Crippen LogP contribution < -0.4 is 10.8 Å². The van der Waals surface area contributed by atoms with E-state index in [0.717, 1.165) is 46.3 Å². The molecule has 5 rings (SSSR count). The average Bonchev–Trinajstić information content (AvgIpc) is 3.57. The molecule has 10 heteroatoms. The van der Waals surface area contributed by atoms with E-state index >= 15 is 0 Å². The Bertz CT molecular complexity index is 1370. The summed E-state index contributed by atoms with van der Waals surface area (Å²) in [6.07, 6.45) is 0.417. The molecule has 39 heavy (non-hydrogen) atoms. The summed E-state index contributed by atoms with van der Waals surface area (Å²) in [5.74, 6) is 0.351. The summed E-state index contributed by atoms with van der Waals surface area (Å²) in [7, 11) is -0.403. The second kappa shape index (κ2) is 9.99. The van der Waals surface area contributed by atoms with Gasteiger partial charge in [-0.15, -0.1) is 0 Å². The van der Waals surface area contributed by atoms with E-state index < -0.39 is 19.3 Å². The number of H-pyrrole nitrogens is 1. The van der Waals surface area contributed by atoms with Gasteiger partial charge in [0.15, 0.2) is 0 Å². The van der Waals surface area contributed by atoms with Crippen LogP contribution in [0.5, 0.6) is 0 Å². The number of nitrogens with one attached hydrogen (secondary N) is 2. The number of carbonyl (C=O) groups is 2. The Morgan fingerprint density at radius 1 is 1.08 bits per heavy atom. The van der Waals surface area contributed by atoms with Crippen molar-refractivity contribution in [1.29, 1.82) is 0 Å². The molecular formula is C29H37BN4O5. The Morgan fingerprint density at radius 2 is 1.72 bits per heavy atom. The van der Waals surface area contributed by atoms with Crippen LogP contribution in [-0.2, 0) is 14.1 Å². The number of aromatic nitrogens is 2. The summed E-state index contributed by atoms with van der Waals surface area (Å²) >= 11 is 0. The molecule has 3 N–H and O–H groups in total. The molecule has 0 spiro atoms. The van der Waals surface area contributed by atoms with Gasteiger partial charge in [0.2, 0.25) is 5.91 Å². The topological polar surface area (TPSA) is 117 Å². The second-order valence-electron chi connectivity index (χ2n) is 11.9. The van der Waals surface area contributed by atoms with E-state index in [1.807, 2.05) is 65.8 Å². The standard InChI is InChI=1S/C29H37BN4O5/c1-17(2)24(33-27(36)37)26(35)34-15-7-8-23(34)25-31-21-14-11-19(16-22(21)32-25)18-9-12-20(13-10-18)30-38-28(3,4)29(5,6)39-30/h9-14,16-17,23-24,33H,7-8,15H2,1-6H3,(H,31,32)(H,36,37)/t23-,24-/m0/s1. The van der Waals surface area contributed by atoms with Crippen molar-refractivity contribution in [3.05, 3.63) is 48.3 Å². The highest BCUT2D eigenvalue weighted by atomic mass is 16.7. The monoisotopic (exact) mass is 532 g/mol. The van der Waals surface area contributed by atoms with Gasteiger partial charge in [0.25, 0.3) is 0 Å². The van der Waals surface area contributed by atoms with Gasteiger partial charge in [-0.25, -0.2) is 9.78 Å². The molecule has 9 nitrogen and oxygen atoms in total. The molecule has 206 valence electrons. The Morgan fingerprint density at radius 3 is 2.33 bits per heavy atom. The van der Waals surface area contributed by atoms with E-state index in [1.54, 1.807) is 4.90 Å². The first kappa shape index (κ1) is 27.2. The molecule has 2 saturated heterocycles. The minimum absolute atomic E-state index is 0.163. The van der Waals surface area contributed by atoms with Gasteiger partial charge < -0.3 is 29.6 Å². The molecule has 0 bridgehead atoms. The van der Waals surface area contributed by atoms with Crippen molar-refractivity contribution >= 4 is 35.6 Å². The molecule has 3 heterocycles. The number of imidazole rings is 1. The van der Waals surface area contributed by atoms with Crippen LogP contribution >= 0.6 is 0 Å². The Kier molecular flexibility index (Phi) is 6.97. The number of benzene rings is 2. The van der Waals surface area contributed by atoms with E-state index in [4.69, 9.17) is 14.3 Å². The lowest BCUT2D eigenvalue weighted by Gasteiger charge is -2.32. The molecular weight excluding hydrogens is 495 g/mol. The molecule has 1 aromatic heterocycles. The van der Waals surface area contributed by atoms with Gasteiger partial charge in [-0.05, 0) is 75.2 Å². The van der Waals surface area contributed by atoms with Gasteiger partial charge in [-0.1, -0.05) is 44.2 Å². The van der Waals surface area contributed by atoms with E-state index in [0.29, 0.717) is 6.54 Å². The van der Waals surface area contributed by atoms with Gasteiger partial charge in [-0.3, -0.25) is 4.79 Å². The number of nitrogens with zero attached hydrogens (tertiary/aromatic N) is 2. The number of hydrogen-bond donors (Lipinski definition) is 3. The number of amides is 2. The lowest BCUT2D eigenvalue weighted by Crippen LogP contribution is -2.50. The third-order valence-electron chi connectivity index (χ3n) is 8.33. The van der Waals surface area contributed by atoms with Crippen molar-refractivity contribution in [1.82, 2.24) is 20.2 Å². The third kappa shape index (κ3) is 5.15. The van der Waals surface area contributed by atoms with E-state index in [9.17, 15) is 14.7 Å². The number of likely N-dealkylation sites (tertiary alicyclic amines) is 1. The highest BCUT2D eigenvalue weighted by Gasteiger charge is 2.51. The smallest absolute Gasteiger partial charge is 0.465 e. The Balaban J connectivity index is 1.35. The number of carbonyl (C=O) groups excluding carboxylic acids is 1. The zero-order chi connectivity index (χ0) is 28.1. The van der Waals surface area contributed by atoms with Crippen LogP contribution in [0.4, 0.5) is 4.79 Å². The van der Waals surface area contributed by atoms with Crippen LogP contribution in [0.15, 0.2) is 42.5 Å². The largest absolute Gasteiger partial charge is 0.494 e. The SMILES string of the molecule is CC(C)[C@H](NC(=O)O)C(=O)N1CCC[C@H]1c1nc2ccc(-c3ccc(B4OC(C)(C)C(C)(C)O4)cc3)cc2[nH]1. The highest BCUT2D eigenvalue weighted by Crippen LogP contribution is 2.37. The fourth-order valence-electron chi connectivity index (χ4n) is 5.32. The van der Waals surface area contributed by atoms with Crippen LogP contribution in [0, 0.1) is 5.92 Å². The fraction of sp³-hybridized carbons (Fsp3) is 0.483. The normalized spacial score (nSPS) is 21.1. The van der Waals surface area contributed by atoms with E-state index in [2.05, 4.69) is 28.5 Å². The van der Waals surface area contributed by atoms with Gasteiger partial charge in [0.1, 0.15) is 11.9 Å². The Hall–Kier alpha value is -3.37. The summed E-state index contributed by atoms with van der Waals surface area (Å²) in [5.41, 5.74) is 4.02. The number of fused-ring (bicyclic) bond motifs is 1. The summed E-state index contributed by atoms with van der Waals surface area (Å²) in [6.45, 7) is 12.4. The van der Waals surface area contributed by atoms with Gasteiger partial charge in [0.05, 0.1) is 28.3 Å². The van der Waals surface area contributed by atoms with Crippen molar-refractivity contribution in [3.63, 3.8) is 0 Å². The number of hydrogen-bond acceptors (Lipinski definition) is 5. The Labute approximate surface area is 229 Å². The van der Waals surface area contributed by atoms with Crippen LogP contribution in [0.2, 0.25) is 0 Å². The quantitative estimate of drug-likeness (QED) is 0.403. The van der Waals surface area contributed by atoms with Crippen molar-refractivity contribution in [3.8, 4) is 11.1 Å². The zero-order valence-corrected chi connectivity index (χ0v) is 23.4. The van der Waals surface area contributed by atoms with E-state index in [1.165, 1.54) is 0 Å².